The fourth-order valence-corrected chi connectivity index (χ4v) is 5.10. The van der Waals surface area contributed by atoms with Crippen molar-refractivity contribution in [1.29, 1.82) is 0 Å². The summed E-state index contributed by atoms with van der Waals surface area (Å²) < 4.78 is 0. The van der Waals surface area contributed by atoms with Crippen molar-refractivity contribution >= 4 is 17.6 Å². The third-order valence-corrected chi connectivity index (χ3v) is 7.52. The molecule has 1 atom stereocenters. The van der Waals surface area contributed by atoms with Gasteiger partial charge in [-0.25, -0.2) is 9.78 Å². The van der Waals surface area contributed by atoms with Crippen LogP contribution in [0, 0.1) is 16.0 Å². The van der Waals surface area contributed by atoms with E-state index in [2.05, 4.69) is 15.3 Å². The van der Waals surface area contributed by atoms with Crippen LogP contribution >= 0.6 is 0 Å². The Hall–Kier alpha value is -4.05. The van der Waals surface area contributed by atoms with Gasteiger partial charge in [-0.05, 0) is 48.6 Å². The number of aromatic amines is 1. The highest BCUT2D eigenvalue weighted by Crippen LogP contribution is 2.28. The number of nitrogens with zero attached hydrogens (tertiary/aromatic N) is 2. The summed E-state index contributed by atoms with van der Waals surface area (Å²) in [7, 11) is 0. The van der Waals surface area contributed by atoms with Gasteiger partial charge in [-0.2, -0.15) is 4.89 Å². The summed E-state index contributed by atoms with van der Waals surface area (Å²) >= 11 is 0. The molecule has 10 nitrogen and oxygen atoms in total. The zero-order chi connectivity index (χ0) is 29.0. The normalized spacial score (nSPS) is 14.4. The highest BCUT2D eigenvalue weighted by Gasteiger charge is 2.21. The average molecular weight is 563 g/mol. The first-order valence-electron chi connectivity index (χ1n) is 14.4. The molecule has 1 saturated carbocycles. The Morgan fingerprint density at radius 3 is 2.51 bits per heavy atom. The van der Waals surface area contributed by atoms with Crippen molar-refractivity contribution in [1.82, 2.24) is 15.3 Å². The number of nitro benzene ring substituents is 1. The Morgan fingerprint density at radius 2 is 1.83 bits per heavy atom. The maximum atomic E-state index is 13.0. The minimum absolute atomic E-state index is 0.0179. The molecule has 0 bridgehead atoms. The second-order valence-corrected chi connectivity index (χ2v) is 10.6. The Kier molecular flexibility index (Phi) is 11.0. The molecule has 1 heterocycles. The minimum atomic E-state index is -0.570. The third kappa shape index (κ3) is 8.97. The molecule has 0 saturated heterocycles. The van der Waals surface area contributed by atoms with Crippen molar-refractivity contribution in [3.63, 3.8) is 0 Å². The Morgan fingerprint density at radius 1 is 1.10 bits per heavy atom. The Balaban J connectivity index is 1.45. The second-order valence-electron chi connectivity index (χ2n) is 10.6. The van der Waals surface area contributed by atoms with Crippen LogP contribution in [-0.2, 0) is 21.0 Å². The first-order chi connectivity index (χ1) is 19.9. The van der Waals surface area contributed by atoms with Gasteiger partial charge in [-0.3, -0.25) is 19.8 Å². The summed E-state index contributed by atoms with van der Waals surface area (Å²) in [4.78, 5) is 53.5. The number of non-ortho nitro benzene ring substituents is 1. The van der Waals surface area contributed by atoms with Gasteiger partial charge in [-0.15, -0.1) is 0 Å². The van der Waals surface area contributed by atoms with Gasteiger partial charge >= 0.3 is 5.97 Å². The molecule has 218 valence electrons. The van der Waals surface area contributed by atoms with E-state index < -0.39 is 10.9 Å². The number of imidazole rings is 1. The standard InChI is InChI=1S/C31H38N4O6/c1-2-3-19-40-41-31(37)25-12-10-23(11-13-25)27(34-30(36)18-9-22-7-5-4-6-8-22)20-29-32-21-28(33-29)24-14-16-26(17-15-24)35(38)39/h10-17,21-22,27H,2-9,18-20H2,1H3,(H,32,33)(H,34,36). The number of unbranched alkanes of at least 4 members (excludes halogenated alkanes) is 1. The lowest BCUT2D eigenvalue weighted by Crippen LogP contribution is -2.30. The molecule has 0 radical (unpaired) electrons. The van der Waals surface area contributed by atoms with Crippen LogP contribution in [0.5, 0.6) is 0 Å². The number of carbonyl (C=O) groups is 2. The lowest BCUT2D eigenvalue weighted by Gasteiger charge is -2.22. The molecule has 3 aromatic rings. The van der Waals surface area contributed by atoms with Gasteiger partial charge in [0.05, 0.1) is 35.0 Å². The predicted molar refractivity (Wildman–Crippen MR) is 154 cm³/mol. The monoisotopic (exact) mass is 562 g/mol. The van der Waals surface area contributed by atoms with Gasteiger partial charge in [0.1, 0.15) is 5.82 Å². The molecule has 2 N–H and O–H groups in total. The molecule has 2 aromatic carbocycles. The van der Waals surface area contributed by atoms with Gasteiger partial charge in [-0.1, -0.05) is 57.6 Å². The number of hydrogen-bond donors (Lipinski definition) is 2. The van der Waals surface area contributed by atoms with Crippen molar-refractivity contribution < 1.29 is 24.3 Å². The van der Waals surface area contributed by atoms with E-state index in [1.54, 1.807) is 42.6 Å². The number of H-pyrrole nitrogens is 1. The van der Waals surface area contributed by atoms with Crippen LogP contribution in [0.3, 0.4) is 0 Å². The second kappa shape index (κ2) is 15.1. The van der Waals surface area contributed by atoms with E-state index in [4.69, 9.17) is 9.78 Å². The quantitative estimate of drug-likeness (QED) is 0.0973. The Bertz CT molecular complexity index is 1280. The number of nitro groups is 1. The van der Waals surface area contributed by atoms with Crippen molar-refractivity contribution in [2.75, 3.05) is 6.61 Å². The number of nitrogens with one attached hydrogen (secondary N) is 2. The van der Waals surface area contributed by atoms with E-state index in [0.717, 1.165) is 36.1 Å². The molecule has 1 fully saturated rings. The Labute approximate surface area is 239 Å². The molecule has 41 heavy (non-hydrogen) atoms. The summed E-state index contributed by atoms with van der Waals surface area (Å²) in [5, 5.41) is 14.2. The third-order valence-electron chi connectivity index (χ3n) is 7.52. The molecule has 1 aliphatic rings. The summed E-state index contributed by atoms with van der Waals surface area (Å²) in [5.41, 5.74) is 2.69. The van der Waals surface area contributed by atoms with Gasteiger partial charge in [0.2, 0.25) is 5.91 Å². The largest absolute Gasteiger partial charge is 0.373 e. The van der Waals surface area contributed by atoms with Crippen LogP contribution < -0.4 is 5.32 Å². The maximum Gasteiger partial charge on any atom is 0.373 e. The van der Waals surface area contributed by atoms with Crippen molar-refractivity contribution in [3.8, 4) is 11.3 Å². The molecule has 1 amide bonds. The topological polar surface area (TPSA) is 136 Å². The van der Waals surface area contributed by atoms with E-state index in [-0.39, 0.29) is 17.6 Å². The van der Waals surface area contributed by atoms with E-state index in [1.165, 1.54) is 44.2 Å². The fourth-order valence-electron chi connectivity index (χ4n) is 5.10. The summed E-state index contributed by atoms with van der Waals surface area (Å²) in [6, 6.07) is 12.8. The molecule has 0 spiro atoms. The van der Waals surface area contributed by atoms with Crippen LogP contribution in [0.1, 0.15) is 92.5 Å². The van der Waals surface area contributed by atoms with Gasteiger partial charge in [0, 0.05) is 30.5 Å². The van der Waals surface area contributed by atoms with E-state index >= 15 is 0 Å². The van der Waals surface area contributed by atoms with Gasteiger partial charge < -0.3 is 10.3 Å². The molecule has 10 heteroatoms. The van der Waals surface area contributed by atoms with Crippen LogP contribution in [0.25, 0.3) is 11.3 Å². The van der Waals surface area contributed by atoms with Crippen molar-refractivity contribution in [3.05, 3.63) is 81.8 Å². The van der Waals surface area contributed by atoms with Crippen LogP contribution in [0.4, 0.5) is 5.69 Å². The number of carbonyl (C=O) groups excluding carboxylic acids is 2. The fraction of sp³-hybridized carbons (Fsp3) is 0.452. The number of aromatic nitrogens is 2. The predicted octanol–water partition coefficient (Wildman–Crippen LogP) is 6.63. The number of hydrogen-bond acceptors (Lipinski definition) is 7. The van der Waals surface area contributed by atoms with Gasteiger partial charge in [0.15, 0.2) is 0 Å². The average Bonchev–Trinajstić information content (AvgIpc) is 3.47. The number of amides is 1. The summed E-state index contributed by atoms with van der Waals surface area (Å²) in [6.07, 6.45) is 11.3. The summed E-state index contributed by atoms with van der Waals surface area (Å²) in [6.45, 7) is 2.37. The molecule has 4 rings (SSSR count). The smallest absolute Gasteiger partial charge is 0.349 e. The minimum Gasteiger partial charge on any atom is -0.349 e. The lowest BCUT2D eigenvalue weighted by atomic mass is 9.86. The highest BCUT2D eigenvalue weighted by atomic mass is 17.2. The maximum absolute atomic E-state index is 13.0. The van der Waals surface area contributed by atoms with E-state index in [9.17, 15) is 19.7 Å². The first-order valence-corrected chi connectivity index (χ1v) is 14.4. The molecule has 1 unspecified atom stereocenters. The zero-order valence-electron chi connectivity index (χ0n) is 23.5. The number of benzene rings is 2. The zero-order valence-corrected chi connectivity index (χ0v) is 23.5. The van der Waals surface area contributed by atoms with E-state index in [1.807, 2.05) is 6.92 Å². The van der Waals surface area contributed by atoms with Crippen LogP contribution in [-0.4, -0.2) is 33.4 Å². The SMILES string of the molecule is CCCCOOC(=O)c1ccc(C(Cc2ncc(-c3ccc([N+](=O)[O-])cc3)[nH]2)NC(=O)CCC2CCCCC2)cc1. The van der Waals surface area contributed by atoms with Crippen molar-refractivity contribution in [2.24, 2.45) is 5.92 Å². The highest BCUT2D eigenvalue weighted by molar-refractivity contribution is 5.89. The van der Waals surface area contributed by atoms with E-state index in [0.29, 0.717) is 36.8 Å². The molecular weight excluding hydrogens is 524 g/mol. The lowest BCUT2D eigenvalue weighted by molar-refractivity contribution is -0.384. The summed E-state index contributed by atoms with van der Waals surface area (Å²) in [5.74, 6) is 0.672. The molecular formula is C31H38N4O6. The molecule has 0 aliphatic heterocycles. The van der Waals surface area contributed by atoms with Crippen molar-refractivity contribution in [2.45, 2.75) is 77.2 Å². The first kappa shape index (κ1) is 29.9. The number of rotatable bonds is 14. The van der Waals surface area contributed by atoms with Gasteiger partial charge in [0.25, 0.3) is 5.69 Å². The van der Waals surface area contributed by atoms with Crippen LogP contribution in [0.2, 0.25) is 0 Å². The molecule has 1 aromatic heterocycles. The molecule has 1 aliphatic carbocycles. The van der Waals surface area contributed by atoms with Crippen LogP contribution in [0.15, 0.2) is 54.7 Å².